The number of H-pyrrole nitrogens is 1. The molecule has 0 spiro atoms. The molecule has 144 valence electrons. The van der Waals surface area contributed by atoms with E-state index in [1.54, 1.807) is 22.9 Å². The minimum Gasteiger partial charge on any atom is -0.277 e. The van der Waals surface area contributed by atoms with Crippen molar-refractivity contribution >= 4 is 21.9 Å². The third-order valence-electron chi connectivity index (χ3n) is 5.27. The molecule has 0 aliphatic heterocycles. The van der Waals surface area contributed by atoms with Crippen molar-refractivity contribution in [2.45, 2.75) is 12.8 Å². The molecule has 3 aromatic heterocycles. The number of rotatable bonds is 4. The van der Waals surface area contributed by atoms with E-state index in [0.717, 1.165) is 28.8 Å². The standard InChI is InChI=1S/C24H17N5O/c25-15-17-10-8-16(9-11-17)12-13-20-21-22(28-27-20)19-7-4-14-26-23(19)29(24(21)30)18-5-2-1-3-6-18/h1-11,14H,12-13H2,(H,27,28). The number of fused-ring (bicyclic) bond motifs is 3. The summed E-state index contributed by atoms with van der Waals surface area (Å²) in [6, 6.07) is 23.0. The van der Waals surface area contributed by atoms with Crippen molar-refractivity contribution in [3.63, 3.8) is 0 Å². The third kappa shape index (κ3) is 2.93. The number of pyridine rings is 2. The summed E-state index contributed by atoms with van der Waals surface area (Å²) in [6.07, 6.45) is 3.03. The zero-order valence-electron chi connectivity index (χ0n) is 16.0. The molecule has 0 saturated carbocycles. The molecule has 0 unspecified atom stereocenters. The smallest absolute Gasteiger partial charge is 0.268 e. The van der Waals surface area contributed by atoms with E-state index in [9.17, 15) is 4.79 Å². The summed E-state index contributed by atoms with van der Waals surface area (Å²) < 4.78 is 1.65. The zero-order valence-corrected chi connectivity index (χ0v) is 16.0. The van der Waals surface area contributed by atoms with Gasteiger partial charge in [0.15, 0.2) is 0 Å². The molecule has 5 aromatic rings. The van der Waals surface area contributed by atoms with E-state index in [1.165, 1.54) is 0 Å². The van der Waals surface area contributed by atoms with Crippen LogP contribution in [0.1, 0.15) is 16.8 Å². The molecule has 1 N–H and O–H groups in total. The van der Waals surface area contributed by atoms with Gasteiger partial charge in [-0.15, -0.1) is 0 Å². The summed E-state index contributed by atoms with van der Waals surface area (Å²) in [4.78, 5) is 18.0. The molecule has 0 saturated heterocycles. The Balaban J connectivity index is 1.65. The maximum atomic E-state index is 13.5. The zero-order chi connectivity index (χ0) is 20.5. The number of aromatic nitrogens is 4. The Labute approximate surface area is 172 Å². The molecule has 0 aliphatic carbocycles. The van der Waals surface area contributed by atoms with Crippen LogP contribution in [0, 0.1) is 11.3 Å². The van der Waals surface area contributed by atoms with Gasteiger partial charge in [-0.2, -0.15) is 10.4 Å². The predicted molar refractivity (Wildman–Crippen MR) is 116 cm³/mol. The van der Waals surface area contributed by atoms with Crippen LogP contribution in [0.4, 0.5) is 0 Å². The summed E-state index contributed by atoms with van der Waals surface area (Å²) in [7, 11) is 0. The maximum Gasteiger partial charge on any atom is 0.268 e. The lowest BCUT2D eigenvalue weighted by Crippen LogP contribution is -2.20. The highest BCUT2D eigenvalue weighted by Gasteiger charge is 2.18. The monoisotopic (exact) mass is 391 g/mol. The van der Waals surface area contributed by atoms with Crippen LogP contribution in [-0.2, 0) is 12.8 Å². The van der Waals surface area contributed by atoms with Gasteiger partial charge in [0.2, 0.25) is 0 Å². The Morgan fingerprint density at radius 1 is 0.967 bits per heavy atom. The number of aromatic amines is 1. The van der Waals surface area contributed by atoms with Gasteiger partial charge in [-0.05, 0) is 54.8 Å². The van der Waals surface area contributed by atoms with Gasteiger partial charge >= 0.3 is 0 Å². The largest absolute Gasteiger partial charge is 0.277 e. The molecular weight excluding hydrogens is 374 g/mol. The Bertz CT molecular complexity index is 1460. The average Bonchev–Trinajstić information content (AvgIpc) is 3.24. The lowest BCUT2D eigenvalue weighted by molar-refractivity contribution is 0.898. The van der Waals surface area contributed by atoms with Crippen molar-refractivity contribution in [3.8, 4) is 11.8 Å². The molecule has 30 heavy (non-hydrogen) atoms. The van der Waals surface area contributed by atoms with Gasteiger partial charge in [0.05, 0.1) is 33.9 Å². The summed E-state index contributed by atoms with van der Waals surface area (Å²) >= 11 is 0. The highest BCUT2D eigenvalue weighted by Crippen LogP contribution is 2.24. The summed E-state index contributed by atoms with van der Waals surface area (Å²) in [6.45, 7) is 0. The number of aryl methyl sites for hydroxylation is 2. The molecule has 3 heterocycles. The Hall–Kier alpha value is -4.24. The van der Waals surface area contributed by atoms with Crippen molar-refractivity contribution in [1.82, 2.24) is 19.7 Å². The fraction of sp³-hybridized carbons (Fsp3) is 0.0833. The summed E-state index contributed by atoms with van der Waals surface area (Å²) in [5.74, 6) is 0. The number of nitrogens with one attached hydrogen (secondary N) is 1. The fourth-order valence-electron chi connectivity index (χ4n) is 3.79. The molecule has 6 heteroatoms. The highest BCUT2D eigenvalue weighted by atomic mass is 16.1. The van der Waals surface area contributed by atoms with Gasteiger partial charge in [0.1, 0.15) is 5.65 Å². The molecular formula is C24H17N5O. The van der Waals surface area contributed by atoms with Gasteiger partial charge in [-0.3, -0.25) is 14.5 Å². The molecule has 0 aliphatic rings. The Kier molecular flexibility index (Phi) is 4.34. The van der Waals surface area contributed by atoms with E-state index in [4.69, 9.17) is 5.26 Å². The topological polar surface area (TPSA) is 87.4 Å². The van der Waals surface area contributed by atoms with Gasteiger partial charge in [0.25, 0.3) is 5.56 Å². The van der Waals surface area contributed by atoms with Crippen LogP contribution >= 0.6 is 0 Å². The molecule has 0 bridgehead atoms. The van der Waals surface area contributed by atoms with Crippen LogP contribution in [0.5, 0.6) is 0 Å². The molecule has 0 radical (unpaired) electrons. The number of benzene rings is 2. The minimum absolute atomic E-state index is 0.133. The van der Waals surface area contributed by atoms with Gasteiger partial charge in [-0.1, -0.05) is 30.3 Å². The summed E-state index contributed by atoms with van der Waals surface area (Å²) in [5, 5.41) is 17.9. The molecule has 5 rings (SSSR count). The lowest BCUT2D eigenvalue weighted by Gasteiger charge is -2.10. The second-order valence-corrected chi connectivity index (χ2v) is 7.08. The normalized spacial score (nSPS) is 11.0. The van der Waals surface area contributed by atoms with Crippen molar-refractivity contribution in [3.05, 3.63) is 100 Å². The first-order chi connectivity index (χ1) is 14.8. The summed E-state index contributed by atoms with van der Waals surface area (Å²) in [5.41, 5.74) is 4.41. The maximum absolute atomic E-state index is 13.5. The number of nitrogens with zero attached hydrogens (tertiary/aromatic N) is 4. The Morgan fingerprint density at radius 3 is 2.53 bits per heavy atom. The van der Waals surface area contributed by atoms with Crippen molar-refractivity contribution < 1.29 is 0 Å². The van der Waals surface area contributed by atoms with Gasteiger partial charge in [-0.25, -0.2) is 4.98 Å². The average molecular weight is 391 g/mol. The van der Waals surface area contributed by atoms with E-state index < -0.39 is 0 Å². The molecule has 6 nitrogen and oxygen atoms in total. The van der Waals surface area contributed by atoms with Gasteiger partial charge < -0.3 is 0 Å². The Morgan fingerprint density at radius 2 is 1.77 bits per heavy atom. The molecule has 0 atom stereocenters. The van der Waals surface area contributed by atoms with Crippen molar-refractivity contribution in [2.24, 2.45) is 0 Å². The first-order valence-electron chi connectivity index (χ1n) is 9.67. The second-order valence-electron chi connectivity index (χ2n) is 7.08. The van der Waals surface area contributed by atoms with E-state index in [2.05, 4.69) is 21.3 Å². The number of hydrogen-bond donors (Lipinski definition) is 1. The van der Waals surface area contributed by atoms with Crippen molar-refractivity contribution in [1.29, 1.82) is 5.26 Å². The van der Waals surface area contributed by atoms with Gasteiger partial charge in [0, 0.05) is 11.6 Å². The molecule has 0 fully saturated rings. The lowest BCUT2D eigenvalue weighted by atomic mass is 10.0. The van der Waals surface area contributed by atoms with Crippen LogP contribution in [0.2, 0.25) is 0 Å². The van der Waals surface area contributed by atoms with Crippen LogP contribution in [0.25, 0.3) is 27.6 Å². The first-order valence-corrected chi connectivity index (χ1v) is 9.67. The first kappa shape index (κ1) is 17.8. The van der Waals surface area contributed by atoms with E-state index >= 15 is 0 Å². The quantitative estimate of drug-likeness (QED) is 0.503. The van der Waals surface area contributed by atoms with Crippen molar-refractivity contribution in [2.75, 3.05) is 0 Å². The minimum atomic E-state index is -0.133. The number of hydrogen-bond acceptors (Lipinski definition) is 4. The van der Waals surface area contributed by atoms with Crippen LogP contribution in [0.3, 0.4) is 0 Å². The SMILES string of the molecule is N#Cc1ccc(CCc2n[nH]c3c2c(=O)n(-c2ccccc2)c2ncccc32)cc1. The number of para-hydroxylation sites is 1. The third-order valence-corrected chi connectivity index (χ3v) is 5.27. The van der Waals surface area contributed by atoms with Crippen LogP contribution in [0.15, 0.2) is 77.7 Å². The predicted octanol–water partition coefficient (Wildman–Crippen LogP) is 3.92. The van der Waals surface area contributed by atoms with Crippen LogP contribution in [-0.4, -0.2) is 19.7 Å². The number of nitriles is 1. The second kappa shape index (κ2) is 7.30. The highest BCUT2D eigenvalue weighted by molar-refractivity contribution is 6.03. The van der Waals surface area contributed by atoms with Crippen LogP contribution < -0.4 is 5.56 Å². The molecule has 2 aromatic carbocycles. The fourth-order valence-corrected chi connectivity index (χ4v) is 3.79. The van der Waals surface area contributed by atoms with E-state index in [-0.39, 0.29) is 5.56 Å². The van der Waals surface area contributed by atoms with E-state index in [0.29, 0.717) is 28.5 Å². The van der Waals surface area contributed by atoms with E-state index in [1.807, 2.05) is 54.6 Å². The molecule has 0 amide bonds.